The van der Waals surface area contributed by atoms with E-state index in [1.807, 2.05) is 11.3 Å². The van der Waals surface area contributed by atoms with Crippen LogP contribution in [-0.4, -0.2) is 0 Å². The summed E-state index contributed by atoms with van der Waals surface area (Å²) < 4.78 is 3.81. The standard InChI is InChI=1S/C44H25BrS/c45-44-35-19-9-7-17-33(35)43(34-18-8-10-20-36(34)44)42-31-15-5-3-13-29(31)41(30-14-4-6-16-32(30)42)28-21-22-39-37(24-28)38-23-26-11-1-2-12-27(26)25-40(38)46-39/h1-25H. The van der Waals surface area contributed by atoms with Gasteiger partial charge in [-0.3, -0.25) is 0 Å². The van der Waals surface area contributed by atoms with E-state index in [2.05, 4.69) is 168 Å². The molecule has 46 heavy (non-hydrogen) atoms. The van der Waals surface area contributed by atoms with Crippen LogP contribution in [0.5, 0.6) is 0 Å². The van der Waals surface area contributed by atoms with Crippen LogP contribution in [0.25, 0.3) is 96.3 Å². The van der Waals surface area contributed by atoms with Crippen molar-refractivity contribution in [2.75, 3.05) is 0 Å². The highest BCUT2D eigenvalue weighted by atomic mass is 79.9. The normalized spacial score (nSPS) is 12.0. The number of thiophene rings is 1. The molecule has 0 aliphatic carbocycles. The van der Waals surface area contributed by atoms with Gasteiger partial charge in [0.05, 0.1) is 0 Å². The highest BCUT2D eigenvalue weighted by Gasteiger charge is 2.21. The first-order valence-corrected chi connectivity index (χ1v) is 17.2. The Morgan fingerprint density at radius 1 is 0.326 bits per heavy atom. The molecule has 0 atom stereocenters. The summed E-state index contributed by atoms with van der Waals surface area (Å²) in [6, 6.07) is 56.1. The fraction of sp³-hybridized carbons (Fsp3) is 0. The van der Waals surface area contributed by atoms with Crippen molar-refractivity contribution in [3.05, 3.63) is 156 Å². The van der Waals surface area contributed by atoms with Crippen molar-refractivity contribution in [2.45, 2.75) is 0 Å². The van der Waals surface area contributed by atoms with Gasteiger partial charge in [-0.15, -0.1) is 11.3 Å². The van der Waals surface area contributed by atoms with Crippen molar-refractivity contribution in [1.29, 1.82) is 0 Å². The second-order valence-corrected chi connectivity index (χ2v) is 14.0. The molecule has 0 nitrogen and oxygen atoms in total. The maximum Gasteiger partial charge on any atom is 0.0361 e. The predicted octanol–water partition coefficient (Wildman–Crippen LogP) is 13.9. The second-order valence-electron chi connectivity index (χ2n) is 12.1. The van der Waals surface area contributed by atoms with E-state index < -0.39 is 0 Å². The summed E-state index contributed by atoms with van der Waals surface area (Å²) in [5, 5.41) is 15.3. The van der Waals surface area contributed by atoms with E-state index in [-0.39, 0.29) is 0 Å². The van der Waals surface area contributed by atoms with Gasteiger partial charge in [0.15, 0.2) is 0 Å². The summed E-state index contributed by atoms with van der Waals surface area (Å²) in [5.41, 5.74) is 5.13. The first-order chi connectivity index (χ1) is 22.7. The highest BCUT2D eigenvalue weighted by molar-refractivity contribution is 9.10. The Balaban J connectivity index is 1.34. The zero-order valence-electron chi connectivity index (χ0n) is 24.7. The number of hydrogen-bond acceptors (Lipinski definition) is 1. The van der Waals surface area contributed by atoms with Gasteiger partial charge >= 0.3 is 0 Å². The third kappa shape index (κ3) is 3.72. The van der Waals surface area contributed by atoms with Crippen LogP contribution in [0, 0.1) is 0 Å². The molecule has 0 bridgehead atoms. The van der Waals surface area contributed by atoms with E-state index in [0.717, 1.165) is 4.47 Å². The van der Waals surface area contributed by atoms with E-state index >= 15 is 0 Å². The van der Waals surface area contributed by atoms with Gasteiger partial charge in [-0.2, -0.15) is 0 Å². The monoisotopic (exact) mass is 664 g/mol. The average Bonchev–Trinajstić information content (AvgIpc) is 3.47. The largest absolute Gasteiger partial charge is 0.135 e. The van der Waals surface area contributed by atoms with Gasteiger partial charge < -0.3 is 0 Å². The van der Waals surface area contributed by atoms with Crippen molar-refractivity contribution in [3.63, 3.8) is 0 Å². The molecule has 1 aromatic heterocycles. The summed E-state index contributed by atoms with van der Waals surface area (Å²) in [6.45, 7) is 0. The van der Waals surface area contributed by atoms with Gasteiger partial charge in [-0.25, -0.2) is 0 Å². The van der Waals surface area contributed by atoms with Crippen molar-refractivity contribution in [3.8, 4) is 22.3 Å². The fourth-order valence-corrected chi connectivity index (χ4v) is 9.48. The lowest BCUT2D eigenvalue weighted by molar-refractivity contribution is 1.70. The molecule has 0 aliphatic rings. The average molecular weight is 666 g/mol. The molecule has 9 aromatic carbocycles. The first-order valence-electron chi connectivity index (χ1n) is 15.6. The molecule has 214 valence electrons. The molecule has 10 aromatic rings. The van der Waals surface area contributed by atoms with Crippen molar-refractivity contribution >= 4 is 101 Å². The minimum atomic E-state index is 1.15. The van der Waals surface area contributed by atoms with E-state index in [4.69, 9.17) is 0 Å². The third-order valence-corrected chi connectivity index (χ3v) is 11.7. The SMILES string of the molecule is Brc1c2ccccc2c(-c2c3ccccc3c(-c3ccc4sc5cc6ccccc6cc5c4c3)c3ccccc23)c2ccccc12. The number of benzene rings is 9. The Bertz CT molecular complexity index is 2760. The first kappa shape index (κ1) is 26.2. The molecule has 0 aliphatic heterocycles. The molecule has 0 saturated heterocycles. The zero-order chi connectivity index (χ0) is 30.4. The lowest BCUT2D eigenvalue weighted by Crippen LogP contribution is -1.93. The van der Waals surface area contributed by atoms with Gasteiger partial charge in [0, 0.05) is 24.6 Å². The van der Waals surface area contributed by atoms with Gasteiger partial charge in [0.1, 0.15) is 0 Å². The smallest absolute Gasteiger partial charge is 0.0361 e. The fourth-order valence-electron chi connectivity index (χ4n) is 7.67. The van der Waals surface area contributed by atoms with Gasteiger partial charge in [0.25, 0.3) is 0 Å². The molecule has 2 heteroatoms. The van der Waals surface area contributed by atoms with Crippen LogP contribution in [0.2, 0.25) is 0 Å². The molecule has 0 radical (unpaired) electrons. The van der Waals surface area contributed by atoms with Crippen LogP contribution < -0.4 is 0 Å². The third-order valence-electron chi connectivity index (χ3n) is 9.67. The second kappa shape index (κ2) is 9.99. The number of hydrogen-bond donors (Lipinski definition) is 0. The Morgan fingerprint density at radius 2 is 0.739 bits per heavy atom. The summed E-state index contributed by atoms with van der Waals surface area (Å²) >= 11 is 5.87. The minimum absolute atomic E-state index is 1.15. The zero-order valence-corrected chi connectivity index (χ0v) is 27.1. The maximum atomic E-state index is 3.98. The molecule has 0 amide bonds. The van der Waals surface area contributed by atoms with E-state index in [1.54, 1.807) is 0 Å². The van der Waals surface area contributed by atoms with Crippen molar-refractivity contribution in [1.82, 2.24) is 0 Å². The molecule has 0 saturated carbocycles. The lowest BCUT2D eigenvalue weighted by Gasteiger charge is -2.21. The molecule has 0 spiro atoms. The van der Waals surface area contributed by atoms with Crippen LogP contribution in [0.15, 0.2) is 156 Å². The minimum Gasteiger partial charge on any atom is -0.135 e. The highest BCUT2D eigenvalue weighted by Crippen LogP contribution is 2.49. The van der Waals surface area contributed by atoms with Crippen LogP contribution in [0.1, 0.15) is 0 Å². The topological polar surface area (TPSA) is 0 Å². The van der Waals surface area contributed by atoms with Crippen LogP contribution in [0.4, 0.5) is 0 Å². The molecule has 0 N–H and O–H groups in total. The lowest BCUT2D eigenvalue weighted by atomic mass is 9.83. The van der Waals surface area contributed by atoms with Crippen LogP contribution in [-0.2, 0) is 0 Å². The molecular weight excluding hydrogens is 640 g/mol. The molecule has 1 heterocycles. The number of halogens is 1. The number of fused-ring (bicyclic) bond motifs is 8. The maximum absolute atomic E-state index is 3.98. The Hall–Kier alpha value is -5.02. The molecule has 0 fully saturated rings. The van der Waals surface area contributed by atoms with Crippen LogP contribution >= 0.6 is 27.3 Å². The van der Waals surface area contributed by atoms with E-state index in [0.29, 0.717) is 0 Å². The van der Waals surface area contributed by atoms with Gasteiger partial charge in [-0.1, -0.05) is 127 Å². The van der Waals surface area contributed by atoms with E-state index in [1.165, 1.54) is 96.3 Å². The summed E-state index contributed by atoms with van der Waals surface area (Å²) in [6.07, 6.45) is 0. The quantitative estimate of drug-likeness (QED) is 0.161. The molecular formula is C44H25BrS. The van der Waals surface area contributed by atoms with Gasteiger partial charge in [-0.05, 0) is 116 Å². The molecule has 10 rings (SSSR count). The van der Waals surface area contributed by atoms with Crippen molar-refractivity contribution < 1.29 is 0 Å². The number of rotatable bonds is 2. The summed E-state index contributed by atoms with van der Waals surface area (Å²) in [5.74, 6) is 0. The van der Waals surface area contributed by atoms with Crippen LogP contribution in [0.3, 0.4) is 0 Å². The molecule has 0 unspecified atom stereocenters. The Morgan fingerprint density at radius 3 is 1.28 bits per heavy atom. The summed E-state index contributed by atoms with van der Waals surface area (Å²) in [4.78, 5) is 0. The van der Waals surface area contributed by atoms with Crippen molar-refractivity contribution in [2.24, 2.45) is 0 Å². The van der Waals surface area contributed by atoms with Gasteiger partial charge in [0.2, 0.25) is 0 Å². The van der Waals surface area contributed by atoms with E-state index in [9.17, 15) is 0 Å². The predicted molar refractivity (Wildman–Crippen MR) is 205 cm³/mol. The Kier molecular flexibility index (Phi) is 5.69. The summed E-state index contributed by atoms with van der Waals surface area (Å²) in [7, 11) is 0. The Labute approximate surface area is 278 Å².